The lowest BCUT2D eigenvalue weighted by Gasteiger charge is -2.09. The van der Waals surface area contributed by atoms with E-state index in [1.165, 1.54) is 11.3 Å². The van der Waals surface area contributed by atoms with Gasteiger partial charge in [0.25, 0.3) is 10.0 Å². The first-order valence-electron chi connectivity index (χ1n) is 6.36. The fraction of sp³-hybridized carbons (Fsp3) is 0.308. The van der Waals surface area contributed by atoms with Crippen LogP contribution in [0.2, 0.25) is 0 Å². The topological polar surface area (TPSA) is 71.1 Å². The molecule has 0 spiro atoms. The molecule has 0 saturated carbocycles. The molecular formula is C13H16BrN3O2S2. The zero-order valence-corrected chi connectivity index (χ0v) is 14.9. The summed E-state index contributed by atoms with van der Waals surface area (Å²) in [4.78, 5) is 4.32. The highest BCUT2D eigenvalue weighted by molar-refractivity contribution is 9.10. The SMILES string of the molecule is CCNCc1ccc(S(=O)(=O)Nc2nc(C)cs2)c(Br)c1. The Morgan fingerprint density at radius 3 is 2.71 bits per heavy atom. The van der Waals surface area contributed by atoms with Gasteiger partial charge in [0.05, 0.1) is 5.69 Å². The molecule has 0 unspecified atom stereocenters. The molecule has 0 fully saturated rings. The third-order valence-corrected chi connectivity index (χ3v) is 6.03. The molecule has 8 heteroatoms. The molecule has 2 N–H and O–H groups in total. The first-order valence-corrected chi connectivity index (χ1v) is 9.52. The van der Waals surface area contributed by atoms with Crippen molar-refractivity contribution in [1.82, 2.24) is 10.3 Å². The minimum atomic E-state index is -3.64. The van der Waals surface area contributed by atoms with Gasteiger partial charge in [0, 0.05) is 16.4 Å². The highest BCUT2D eigenvalue weighted by atomic mass is 79.9. The van der Waals surface area contributed by atoms with Crippen LogP contribution in [0.25, 0.3) is 0 Å². The molecular weight excluding hydrogens is 374 g/mol. The second-order valence-corrected chi connectivity index (χ2v) is 7.81. The number of thiazole rings is 1. The number of nitrogens with zero attached hydrogens (tertiary/aromatic N) is 1. The maximum absolute atomic E-state index is 12.4. The Bertz CT molecular complexity index is 729. The summed E-state index contributed by atoms with van der Waals surface area (Å²) in [5, 5.41) is 5.37. The number of anilines is 1. The number of hydrogen-bond acceptors (Lipinski definition) is 5. The van der Waals surface area contributed by atoms with Crippen LogP contribution in [-0.4, -0.2) is 19.9 Å². The Hall–Kier alpha value is -0.960. The normalized spacial score (nSPS) is 11.6. The van der Waals surface area contributed by atoms with E-state index in [1.54, 1.807) is 17.5 Å². The largest absolute Gasteiger partial charge is 0.313 e. The molecule has 0 aliphatic heterocycles. The van der Waals surface area contributed by atoms with Crippen molar-refractivity contribution >= 4 is 42.4 Å². The van der Waals surface area contributed by atoms with Gasteiger partial charge in [-0.25, -0.2) is 13.4 Å². The number of rotatable bonds is 6. The molecule has 2 aromatic rings. The predicted molar refractivity (Wildman–Crippen MR) is 89.2 cm³/mol. The molecule has 0 aliphatic rings. The lowest BCUT2D eigenvalue weighted by molar-refractivity contribution is 0.600. The number of nitrogens with one attached hydrogen (secondary N) is 2. The minimum Gasteiger partial charge on any atom is -0.313 e. The van der Waals surface area contributed by atoms with Gasteiger partial charge in [-0.2, -0.15) is 0 Å². The zero-order chi connectivity index (χ0) is 15.5. The number of halogens is 1. The standard InChI is InChI=1S/C13H16BrN3O2S2/c1-3-15-7-10-4-5-12(11(14)6-10)21(18,19)17-13-16-9(2)8-20-13/h4-6,8,15H,3,7H2,1-2H3,(H,16,17). The van der Waals surface area contributed by atoms with Gasteiger partial charge >= 0.3 is 0 Å². The van der Waals surface area contributed by atoms with Crippen molar-refractivity contribution in [2.24, 2.45) is 0 Å². The van der Waals surface area contributed by atoms with Gasteiger partial charge in [-0.3, -0.25) is 4.72 Å². The first-order chi connectivity index (χ1) is 9.92. The summed E-state index contributed by atoms with van der Waals surface area (Å²) in [5.41, 5.74) is 1.81. The predicted octanol–water partition coefficient (Wildman–Crippen LogP) is 3.12. The van der Waals surface area contributed by atoms with E-state index in [4.69, 9.17) is 0 Å². The molecule has 2 rings (SSSR count). The molecule has 0 bridgehead atoms. The lowest BCUT2D eigenvalue weighted by Crippen LogP contribution is -2.15. The molecule has 0 saturated heterocycles. The van der Waals surface area contributed by atoms with Crippen molar-refractivity contribution < 1.29 is 8.42 Å². The van der Waals surface area contributed by atoms with Gasteiger partial charge in [0.15, 0.2) is 5.13 Å². The van der Waals surface area contributed by atoms with Gasteiger partial charge in [0.1, 0.15) is 4.90 Å². The van der Waals surface area contributed by atoms with Crippen molar-refractivity contribution in [2.45, 2.75) is 25.3 Å². The van der Waals surface area contributed by atoms with Crippen molar-refractivity contribution in [2.75, 3.05) is 11.3 Å². The molecule has 0 atom stereocenters. The lowest BCUT2D eigenvalue weighted by atomic mass is 10.2. The Morgan fingerprint density at radius 2 is 2.14 bits per heavy atom. The third kappa shape index (κ3) is 4.26. The smallest absolute Gasteiger partial charge is 0.264 e. The van der Waals surface area contributed by atoms with E-state index in [9.17, 15) is 8.42 Å². The van der Waals surface area contributed by atoms with Crippen LogP contribution < -0.4 is 10.0 Å². The van der Waals surface area contributed by atoms with Crippen molar-refractivity contribution in [3.8, 4) is 0 Å². The van der Waals surface area contributed by atoms with E-state index < -0.39 is 10.0 Å². The molecule has 0 radical (unpaired) electrons. The summed E-state index contributed by atoms with van der Waals surface area (Å²) < 4.78 is 27.8. The Morgan fingerprint density at radius 1 is 1.38 bits per heavy atom. The van der Waals surface area contributed by atoms with Gasteiger partial charge in [0.2, 0.25) is 0 Å². The summed E-state index contributed by atoms with van der Waals surface area (Å²) in [5.74, 6) is 0. The third-order valence-electron chi connectivity index (χ3n) is 2.71. The second-order valence-electron chi connectivity index (χ2n) is 4.44. The number of sulfonamides is 1. The van der Waals surface area contributed by atoms with Gasteiger partial charge < -0.3 is 5.32 Å². The summed E-state index contributed by atoms with van der Waals surface area (Å²) in [6.07, 6.45) is 0. The maximum Gasteiger partial charge on any atom is 0.264 e. The highest BCUT2D eigenvalue weighted by Crippen LogP contribution is 2.26. The molecule has 114 valence electrons. The zero-order valence-electron chi connectivity index (χ0n) is 11.7. The summed E-state index contributed by atoms with van der Waals surface area (Å²) >= 11 is 4.59. The van der Waals surface area contributed by atoms with E-state index in [-0.39, 0.29) is 4.90 Å². The maximum atomic E-state index is 12.4. The average Bonchev–Trinajstić information content (AvgIpc) is 2.80. The van der Waals surface area contributed by atoms with Gasteiger partial charge in [-0.05, 0) is 47.1 Å². The van der Waals surface area contributed by atoms with E-state index in [0.29, 0.717) is 16.1 Å². The highest BCUT2D eigenvalue weighted by Gasteiger charge is 2.19. The summed E-state index contributed by atoms with van der Waals surface area (Å²) in [6, 6.07) is 5.21. The Balaban J connectivity index is 2.23. The summed E-state index contributed by atoms with van der Waals surface area (Å²) in [7, 11) is -3.64. The monoisotopic (exact) mass is 389 g/mol. The van der Waals surface area contributed by atoms with Crippen LogP contribution in [0, 0.1) is 6.92 Å². The van der Waals surface area contributed by atoms with Crippen molar-refractivity contribution in [3.63, 3.8) is 0 Å². The Kier molecular flexibility index (Phi) is 5.37. The quantitative estimate of drug-likeness (QED) is 0.795. The fourth-order valence-electron chi connectivity index (χ4n) is 1.71. The van der Waals surface area contributed by atoms with Crippen LogP contribution in [0.15, 0.2) is 32.9 Å². The van der Waals surface area contributed by atoms with Crippen molar-refractivity contribution in [3.05, 3.63) is 39.3 Å². The molecule has 1 aromatic heterocycles. The van der Waals surface area contributed by atoms with Gasteiger partial charge in [-0.15, -0.1) is 11.3 Å². The van der Waals surface area contributed by atoms with E-state index >= 15 is 0 Å². The van der Waals surface area contributed by atoms with Crippen LogP contribution in [-0.2, 0) is 16.6 Å². The van der Waals surface area contributed by atoms with E-state index in [2.05, 4.69) is 31.0 Å². The van der Waals surface area contributed by atoms with Crippen LogP contribution >= 0.6 is 27.3 Å². The minimum absolute atomic E-state index is 0.204. The van der Waals surface area contributed by atoms with Crippen molar-refractivity contribution in [1.29, 1.82) is 0 Å². The van der Waals surface area contributed by atoms with E-state index in [0.717, 1.165) is 17.8 Å². The molecule has 1 heterocycles. The average molecular weight is 390 g/mol. The van der Waals surface area contributed by atoms with Crippen LogP contribution in [0.5, 0.6) is 0 Å². The van der Waals surface area contributed by atoms with E-state index in [1.807, 2.05) is 19.9 Å². The van der Waals surface area contributed by atoms with Gasteiger partial charge in [-0.1, -0.05) is 13.0 Å². The molecule has 21 heavy (non-hydrogen) atoms. The molecule has 1 aromatic carbocycles. The van der Waals surface area contributed by atoms with Crippen LogP contribution in [0.3, 0.4) is 0 Å². The molecule has 0 aliphatic carbocycles. The number of aryl methyl sites for hydroxylation is 1. The summed E-state index contributed by atoms with van der Waals surface area (Å²) in [6.45, 7) is 5.41. The number of hydrogen-bond donors (Lipinski definition) is 2. The van der Waals surface area contributed by atoms with Crippen LogP contribution in [0.4, 0.5) is 5.13 Å². The molecule has 5 nitrogen and oxygen atoms in total. The fourth-order valence-corrected chi connectivity index (χ4v) is 4.78. The number of aromatic nitrogens is 1. The second kappa shape index (κ2) is 6.87. The first kappa shape index (κ1) is 16.4. The van der Waals surface area contributed by atoms with Crippen LogP contribution in [0.1, 0.15) is 18.2 Å². The molecule has 0 amide bonds. The Labute approximate surface area is 137 Å². The number of benzene rings is 1.